The highest BCUT2D eigenvalue weighted by Crippen LogP contribution is 2.51. The zero-order valence-electron chi connectivity index (χ0n) is 21.8. The summed E-state index contributed by atoms with van der Waals surface area (Å²) in [5.74, 6) is 1.48. The van der Waals surface area contributed by atoms with Gasteiger partial charge in [0.25, 0.3) is 0 Å². The van der Waals surface area contributed by atoms with Crippen molar-refractivity contribution in [1.29, 1.82) is 5.26 Å². The molecule has 0 amide bonds. The van der Waals surface area contributed by atoms with Crippen molar-refractivity contribution in [3.8, 4) is 29.1 Å². The van der Waals surface area contributed by atoms with Crippen LogP contribution >= 0.6 is 0 Å². The molecule has 194 valence electrons. The number of anilines is 1. The number of nitriles is 1. The number of Topliss-reactive ketones (excluding diaryl/α,β-unsaturated/α-hetero) is 1. The normalized spacial score (nSPS) is 17.3. The van der Waals surface area contributed by atoms with E-state index in [0.29, 0.717) is 53.5 Å². The molecular formula is C30H29N3O5. The number of carbonyl (C=O) groups excluding carboxylic acids is 1. The van der Waals surface area contributed by atoms with Gasteiger partial charge in [-0.15, -0.1) is 0 Å². The van der Waals surface area contributed by atoms with Crippen LogP contribution in [0.3, 0.4) is 0 Å². The second kappa shape index (κ2) is 10.0. The van der Waals surface area contributed by atoms with Gasteiger partial charge in [-0.1, -0.05) is 30.3 Å². The van der Waals surface area contributed by atoms with E-state index in [2.05, 4.69) is 6.07 Å². The van der Waals surface area contributed by atoms with Crippen LogP contribution in [-0.2, 0) is 4.79 Å². The van der Waals surface area contributed by atoms with Crippen molar-refractivity contribution in [3.63, 3.8) is 0 Å². The number of methoxy groups -OCH3 is 4. The number of hydrogen-bond acceptors (Lipinski definition) is 8. The molecule has 1 atom stereocenters. The van der Waals surface area contributed by atoms with Gasteiger partial charge in [0, 0.05) is 35.4 Å². The molecular weight excluding hydrogens is 482 g/mol. The Bertz CT molecular complexity index is 1520. The molecule has 0 bridgehead atoms. The number of rotatable bonds is 6. The lowest BCUT2D eigenvalue weighted by molar-refractivity contribution is -0.116. The summed E-state index contributed by atoms with van der Waals surface area (Å²) in [6.07, 6.45) is 1.68. The Kier molecular flexibility index (Phi) is 6.60. The van der Waals surface area contributed by atoms with Crippen molar-refractivity contribution in [2.75, 3.05) is 33.3 Å². The molecule has 0 fully saturated rings. The van der Waals surface area contributed by atoms with Crippen molar-refractivity contribution in [2.45, 2.75) is 25.2 Å². The maximum atomic E-state index is 13.7. The van der Waals surface area contributed by atoms with Crippen LogP contribution in [0.4, 0.5) is 5.69 Å². The number of nitrogens with zero attached hydrogens (tertiary/aromatic N) is 2. The van der Waals surface area contributed by atoms with Crippen LogP contribution in [0.1, 0.15) is 30.7 Å². The molecule has 0 saturated heterocycles. The van der Waals surface area contributed by atoms with Gasteiger partial charge in [-0.3, -0.25) is 9.69 Å². The van der Waals surface area contributed by atoms with E-state index in [1.807, 2.05) is 36.4 Å². The smallest absolute Gasteiger partial charge is 0.203 e. The summed E-state index contributed by atoms with van der Waals surface area (Å²) < 4.78 is 22.4. The van der Waals surface area contributed by atoms with Crippen molar-refractivity contribution < 1.29 is 23.7 Å². The standard InChI is InChI=1S/C30H29N3O5/c1-35-23-13-12-17-8-5-6-9-19(17)26(23)27-20(16-31)30(32)33(21-10-7-11-22(34)28(21)27)18-14-24(36-2)29(38-4)25(15-18)37-3/h5-6,8-9,12-15,27H,7,10-11,32H2,1-4H3. The molecule has 3 aromatic rings. The molecule has 1 aliphatic heterocycles. The fourth-order valence-corrected chi connectivity index (χ4v) is 5.62. The molecule has 38 heavy (non-hydrogen) atoms. The van der Waals surface area contributed by atoms with Crippen LogP contribution in [0, 0.1) is 11.3 Å². The van der Waals surface area contributed by atoms with E-state index in [1.165, 1.54) is 21.3 Å². The fourth-order valence-electron chi connectivity index (χ4n) is 5.62. The summed E-state index contributed by atoms with van der Waals surface area (Å²) >= 11 is 0. The van der Waals surface area contributed by atoms with Gasteiger partial charge in [0.15, 0.2) is 17.3 Å². The predicted octanol–water partition coefficient (Wildman–Crippen LogP) is 5.18. The van der Waals surface area contributed by atoms with E-state index in [0.717, 1.165) is 22.0 Å². The molecule has 1 aliphatic carbocycles. The molecule has 2 aliphatic rings. The first-order valence-electron chi connectivity index (χ1n) is 12.3. The second-order valence-corrected chi connectivity index (χ2v) is 9.10. The van der Waals surface area contributed by atoms with Crippen molar-refractivity contribution >= 4 is 22.2 Å². The van der Waals surface area contributed by atoms with Crippen molar-refractivity contribution in [3.05, 3.63) is 76.8 Å². The molecule has 0 spiro atoms. The van der Waals surface area contributed by atoms with Crippen LogP contribution in [-0.4, -0.2) is 34.2 Å². The first-order valence-corrected chi connectivity index (χ1v) is 12.3. The maximum Gasteiger partial charge on any atom is 0.203 e. The Morgan fingerprint density at radius 1 is 0.921 bits per heavy atom. The number of nitrogens with two attached hydrogens (primary N) is 1. The van der Waals surface area contributed by atoms with E-state index in [4.69, 9.17) is 24.7 Å². The first kappa shape index (κ1) is 25.0. The third kappa shape index (κ3) is 3.79. The topological polar surface area (TPSA) is 107 Å². The summed E-state index contributed by atoms with van der Waals surface area (Å²) in [5.41, 5.74) is 9.78. The number of allylic oxidation sites excluding steroid dienone is 3. The van der Waals surface area contributed by atoms with Gasteiger partial charge >= 0.3 is 0 Å². The summed E-state index contributed by atoms with van der Waals surface area (Å²) in [6, 6.07) is 17.6. The molecule has 3 aromatic carbocycles. The molecule has 0 saturated carbocycles. The van der Waals surface area contributed by atoms with E-state index in [1.54, 1.807) is 24.1 Å². The number of benzene rings is 3. The number of fused-ring (bicyclic) bond motifs is 1. The van der Waals surface area contributed by atoms with Gasteiger partial charge < -0.3 is 24.7 Å². The minimum absolute atomic E-state index is 0.0103. The van der Waals surface area contributed by atoms with Crippen LogP contribution in [0.25, 0.3) is 10.8 Å². The lowest BCUT2D eigenvalue weighted by Gasteiger charge is -2.40. The fraction of sp³-hybridized carbons (Fsp3) is 0.267. The Hall–Kier alpha value is -4.64. The first-order chi connectivity index (χ1) is 18.5. The average molecular weight is 512 g/mol. The van der Waals surface area contributed by atoms with E-state index in [9.17, 15) is 10.1 Å². The molecule has 1 unspecified atom stereocenters. The van der Waals surface area contributed by atoms with E-state index < -0.39 is 5.92 Å². The van der Waals surface area contributed by atoms with E-state index >= 15 is 0 Å². The van der Waals surface area contributed by atoms with Gasteiger partial charge in [0.1, 0.15) is 11.6 Å². The molecule has 8 heteroatoms. The van der Waals surface area contributed by atoms with Gasteiger partial charge in [-0.2, -0.15) is 5.26 Å². The number of ether oxygens (including phenoxy) is 4. The second-order valence-electron chi connectivity index (χ2n) is 9.10. The summed E-state index contributed by atoms with van der Waals surface area (Å²) in [5, 5.41) is 12.4. The summed E-state index contributed by atoms with van der Waals surface area (Å²) in [7, 11) is 6.20. The number of ketones is 1. The highest BCUT2D eigenvalue weighted by Gasteiger charge is 2.42. The minimum atomic E-state index is -0.665. The molecule has 8 nitrogen and oxygen atoms in total. The Balaban J connectivity index is 1.83. The van der Waals surface area contributed by atoms with Crippen LogP contribution < -0.4 is 29.6 Å². The van der Waals surface area contributed by atoms with Crippen LogP contribution in [0.15, 0.2) is 71.2 Å². The lowest BCUT2D eigenvalue weighted by Crippen LogP contribution is -2.38. The Morgan fingerprint density at radius 3 is 2.24 bits per heavy atom. The predicted molar refractivity (Wildman–Crippen MR) is 145 cm³/mol. The van der Waals surface area contributed by atoms with E-state index in [-0.39, 0.29) is 17.2 Å². The number of carbonyl (C=O) groups is 1. The average Bonchev–Trinajstić information content (AvgIpc) is 2.95. The quantitative estimate of drug-likeness (QED) is 0.483. The third-order valence-electron chi connectivity index (χ3n) is 7.26. The third-order valence-corrected chi connectivity index (χ3v) is 7.26. The maximum absolute atomic E-state index is 13.7. The minimum Gasteiger partial charge on any atom is -0.496 e. The van der Waals surface area contributed by atoms with Gasteiger partial charge in [0.05, 0.1) is 51.7 Å². The van der Waals surface area contributed by atoms with Gasteiger partial charge in [0.2, 0.25) is 5.75 Å². The number of hydrogen-bond donors (Lipinski definition) is 1. The molecule has 5 rings (SSSR count). The summed E-state index contributed by atoms with van der Waals surface area (Å²) in [6.45, 7) is 0. The Labute approximate surface area is 221 Å². The van der Waals surface area contributed by atoms with Gasteiger partial charge in [-0.25, -0.2) is 0 Å². The van der Waals surface area contributed by atoms with Crippen LogP contribution in [0.2, 0.25) is 0 Å². The van der Waals surface area contributed by atoms with Gasteiger partial charge in [-0.05, 0) is 29.7 Å². The zero-order valence-corrected chi connectivity index (χ0v) is 21.8. The molecule has 1 heterocycles. The highest BCUT2D eigenvalue weighted by molar-refractivity contribution is 6.03. The SMILES string of the molecule is COc1cc(N2C(N)=C(C#N)C(c3c(OC)ccc4ccccc34)C3=C2CCCC3=O)cc(OC)c1OC. The lowest BCUT2D eigenvalue weighted by atomic mass is 9.74. The largest absolute Gasteiger partial charge is 0.496 e. The highest BCUT2D eigenvalue weighted by atomic mass is 16.5. The monoisotopic (exact) mass is 511 g/mol. The zero-order chi connectivity index (χ0) is 27.0. The molecule has 2 N–H and O–H groups in total. The van der Waals surface area contributed by atoms with Crippen molar-refractivity contribution in [1.82, 2.24) is 0 Å². The van der Waals surface area contributed by atoms with Crippen LogP contribution in [0.5, 0.6) is 23.0 Å². The molecule has 0 radical (unpaired) electrons. The van der Waals surface area contributed by atoms with Crippen molar-refractivity contribution in [2.24, 2.45) is 5.73 Å². The molecule has 0 aromatic heterocycles. The Morgan fingerprint density at radius 2 is 1.61 bits per heavy atom. The summed E-state index contributed by atoms with van der Waals surface area (Å²) in [4.78, 5) is 15.5.